The first-order chi connectivity index (χ1) is 8.04. The van der Waals surface area contributed by atoms with Crippen LogP contribution in [-0.2, 0) is 4.79 Å². The summed E-state index contributed by atoms with van der Waals surface area (Å²) in [4.78, 5) is 15.4. The fraction of sp³-hybridized carbons (Fsp3) is 0.833. The van der Waals surface area contributed by atoms with Crippen LogP contribution in [0.3, 0.4) is 0 Å². The zero-order valence-corrected chi connectivity index (χ0v) is 11.0. The SMILES string of the molecule is CC1CN(CCCC(=O)N(C)C)CCC1=NO. The number of amides is 1. The van der Waals surface area contributed by atoms with Crippen molar-refractivity contribution in [2.24, 2.45) is 11.1 Å². The summed E-state index contributed by atoms with van der Waals surface area (Å²) < 4.78 is 0. The average molecular weight is 241 g/mol. The molecule has 0 aromatic rings. The summed E-state index contributed by atoms with van der Waals surface area (Å²) in [5.41, 5.74) is 0.894. The second-order valence-corrected chi connectivity index (χ2v) is 4.93. The Morgan fingerprint density at radius 2 is 2.29 bits per heavy atom. The van der Waals surface area contributed by atoms with Crippen molar-refractivity contribution in [3.8, 4) is 0 Å². The van der Waals surface area contributed by atoms with Crippen molar-refractivity contribution < 1.29 is 10.0 Å². The third-order valence-corrected chi connectivity index (χ3v) is 3.28. The number of rotatable bonds is 4. The molecule has 1 amide bonds. The van der Waals surface area contributed by atoms with E-state index in [4.69, 9.17) is 5.21 Å². The van der Waals surface area contributed by atoms with Gasteiger partial charge in [0.1, 0.15) is 0 Å². The van der Waals surface area contributed by atoms with Crippen LogP contribution < -0.4 is 0 Å². The number of piperidine rings is 1. The maximum atomic E-state index is 11.4. The van der Waals surface area contributed by atoms with Gasteiger partial charge in [-0.05, 0) is 13.0 Å². The fourth-order valence-corrected chi connectivity index (χ4v) is 2.13. The van der Waals surface area contributed by atoms with Crippen LogP contribution in [0.15, 0.2) is 5.16 Å². The lowest BCUT2D eigenvalue weighted by Gasteiger charge is -2.31. The smallest absolute Gasteiger partial charge is 0.222 e. The summed E-state index contributed by atoms with van der Waals surface area (Å²) in [6.07, 6.45) is 2.34. The van der Waals surface area contributed by atoms with Crippen LogP contribution in [0.2, 0.25) is 0 Å². The van der Waals surface area contributed by atoms with Gasteiger partial charge in [-0.15, -0.1) is 0 Å². The van der Waals surface area contributed by atoms with E-state index in [0.717, 1.165) is 38.2 Å². The Labute approximate surface area is 103 Å². The van der Waals surface area contributed by atoms with Gasteiger partial charge in [0.15, 0.2) is 0 Å². The molecular weight excluding hydrogens is 218 g/mol. The van der Waals surface area contributed by atoms with E-state index in [1.807, 2.05) is 0 Å². The molecule has 5 heteroatoms. The lowest BCUT2D eigenvalue weighted by atomic mass is 9.97. The summed E-state index contributed by atoms with van der Waals surface area (Å²) in [6, 6.07) is 0. The number of likely N-dealkylation sites (tertiary alicyclic amines) is 1. The van der Waals surface area contributed by atoms with Gasteiger partial charge in [0.05, 0.1) is 5.71 Å². The van der Waals surface area contributed by atoms with Crippen molar-refractivity contribution in [1.29, 1.82) is 0 Å². The molecule has 1 unspecified atom stereocenters. The Morgan fingerprint density at radius 1 is 1.59 bits per heavy atom. The number of hydrogen-bond donors (Lipinski definition) is 1. The first kappa shape index (κ1) is 14.0. The monoisotopic (exact) mass is 241 g/mol. The van der Waals surface area contributed by atoms with Crippen LogP contribution in [0.25, 0.3) is 0 Å². The summed E-state index contributed by atoms with van der Waals surface area (Å²) >= 11 is 0. The molecule has 1 aliphatic rings. The number of oxime groups is 1. The standard InChI is InChI=1S/C12H23N3O2/c1-10-9-15(8-6-11(10)13-17)7-4-5-12(16)14(2)3/h10,17H,4-9H2,1-3H3. The predicted molar refractivity (Wildman–Crippen MR) is 67.4 cm³/mol. The molecule has 1 saturated heterocycles. The van der Waals surface area contributed by atoms with E-state index in [1.54, 1.807) is 19.0 Å². The highest BCUT2D eigenvalue weighted by atomic mass is 16.4. The van der Waals surface area contributed by atoms with Gasteiger partial charge in [-0.2, -0.15) is 0 Å². The predicted octanol–water partition coefficient (Wildman–Crippen LogP) is 1.03. The lowest BCUT2D eigenvalue weighted by Crippen LogP contribution is -2.40. The van der Waals surface area contributed by atoms with E-state index in [1.165, 1.54) is 0 Å². The van der Waals surface area contributed by atoms with E-state index in [2.05, 4.69) is 17.0 Å². The average Bonchev–Trinajstić information content (AvgIpc) is 2.29. The Morgan fingerprint density at radius 3 is 2.82 bits per heavy atom. The fourth-order valence-electron chi connectivity index (χ4n) is 2.13. The highest BCUT2D eigenvalue weighted by molar-refractivity contribution is 5.87. The van der Waals surface area contributed by atoms with Crippen LogP contribution in [0.4, 0.5) is 0 Å². The third kappa shape index (κ3) is 4.34. The van der Waals surface area contributed by atoms with Crippen LogP contribution >= 0.6 is 0 Å². The van der Waals surface area contributed by atoms with E-state index in [9.17, 15) is 4.79 Å². The summed E-state index contributed by atoms with van der Waals surface area (Å²) in [7, 11) is 3.57. The van der Waals surface area contributed by atoms with Gasteiger partial charge in [-0.25, -0.2) is 0 Å². The first-order valence-electron chi connectivity index (χ1n) is 6.18. The number of nitrogens with zero attached hydrogens (tertiary/aromatic N) is 3. The van der Waals surface area contributed by atoms with Gasteiger partial charge >= 0.3 is 0 Å². The molecule has 0 spiro atoms. The van der Waals surface area contributed by atoms with Crippen molar-refractivity contribution in [1.82, 2.24) is 9.80 Å². The Hall–Kier alpha value is -1.10. The zero-order valence-electron chi connectivity index (χ0n) is 11.0. The highest BCUT2D eigenvalue weighted by Gasteiger charge is 2.22. The Bertz CT molecular complexity index is 289. The van der Waals surface area contributed by atoms with Gasteiger partial charge in [-0.3, -0.25) is 4.79 Å². The van der Waals surface area contributed by atoms with E-state index in [-0.39, 0.29) is 5.91 Å². The van der Waals surface area contributed by atoms with Crippen molar-refractivity contribution in [2.45, 2.75) is 26.2 Å². The molecule has 5 nitrogen and oxygen atoms in total. The number of hydrogen-bond acceptors (Lipinski definition) is 4. The highest BCUT2D eigenvalue weighted by Crippen LogP contribution is 2.14. The molecule has 0 aliphatic carbocycles. The molecule has 0 aromatic carbocycles. The van der Waals surface area contributed by atoms with Crippen molar-refractivity contribution in [3.05, 3.63) is 0 Å². The molecule has 1 N–H and O–H groups in total. The van der Waals surface area contributed by atoms with Gasteiger partial charge in [0.2, 0.25) is 5.91 Å². The summed E-state index contributed by atoms with van der Waals surface area (Å²) in [5.74, 6) is 0.506. The van der Waals surface area contributed by atoms with Crippen molar-refractivity contribution in [3.63, 3.8) is 0 Å². The molecule has 1 atom stereocenters. The molecule has 1 aliphatic heterocycles. The molecule has 17 heavy (non-hydrogen) atoms. The quantitative estimate of drug-likeness (QED) is 0.591. The molecule has 0 aromatic heterocycles. The minimum absolute atomic E-state index is 0.188. The molecular formula is C12H23N3O2. The number of carbonyl (C=O) groups is 1. The van der Waals surface area contributed by atoms with Gasteiger partial charge < -0.3 is 15.0 Å². The second-order valence-electron chi connectivity index (χ2n) is 4.93. The van der Waals surface area contributed by atoms with E-state index >= 15 is 0 Å². The lowest BCUT2D eigenvalue weighted by molar-refractivity contribution is -0.128. The topological polar surface area (TPSA) is 56.1 Å². The molecule has 1 fully saturated rings. The van der Waals surface area contributed by atoms with Crippen molar-refractivity contribution in [2.75, 3.05) is 33.7 Å². The molecule has 98 valence electrons. The second kappa shape index (κ2) is 6.59. The molecule has 0 radical (unpaired) electrons. The molecule has 1 rings (SSSR count). The molecule has 0 bridgehead atoms. The molecule has 1 heterocycles. The van der Waals surface area contributed by atoms with Crippen LogP contribution in [-0.4, -0.2) is 60.4 Å². The van der Waals surface area contributed by atoms with Crippen LogP contribution in [0.5, 0.6) is 0 Å². The maximum absolute atomic E-state index is 11.4. The van der Waals surface area contributed by atoms with E-state index in [0.29, 0.717) is 12.3 Å². The summed E-state index contributed by atoms with van der Waals surface area (Å²) in [6.45, 7) is 4.88. The minimum Gasteiger partial charge on any atom is -0.411 e. The third-order valence-electron chi connectivity index (χ3n) is 3.28. The Kier molecular flexibility index (Phi) is 5.41. The van der Waals surface area contributed by atoms with Crippen LogP contribution in [0.1, 0.15) is 26.2 Å². The largest absolute Gasteiger partial charge is 0.411 e. The Balaban J connectivity index is 2.24. The minimum atomic E-state index is 0.188. The zero-order chi connectivity index (χ0) is 12.8. The van der Waals surface area contributed by atoms with Crippen LogP contribution in [0, 0.1) is 5.92 Å². The van der Waals surface area contributed by atoms with Gasteiger partial charge in [-0.1, -0.05) is 12.1 Å². The summed E-state index contributed by atoms with van der Waals surface area (Å²) in [5, 5.41) is 12.1. The normalized spacial score (nSPS) is 23.9. The first-order valence-corrected chi connectivity index (χ1v) is 6.18. The molecule has 0 saturated carbocycles. The van der Waals surface area contributed by atoms with E-state index < -0.39 is 0 Å². The van der Waals surface area contributed by atoms with Gasteiger partial charge in [0.25, 0.3) is 0 Å². The van der Waals surface area contributed by atoms with Gasteiger partial charge in [0, 0.05) is 45.9 Å². The van der Waals surface area contributed by atoms with Crippen molar-refractivity contribution >= 4 is 11.6 Å². The number of carbonyl (C=O) groups excluding carboxylic acids is 1. The maximum Gasteiger partial charge on any atom is 0.222 e.